The summed E-state index contributed by atoms with van der Waals surface area (Å²) in [6, 6.07) is 3.15. The monoisotopic (exact) mass is 298 g/mol. The lowest BCUT2D eigenvalue weighted by Gasteiger charge is -2.14. The van der Waals surface area contributed by atoms with E-state index in [1.807, 2.05) is 6.92 Å². The zero-order chi connectivity index (χ0) is 15.6. The van der Waals surface area contributed by atoms with Gasteiger partial charge in [-0.25, -0.2) is 9.78 Å². The number of rotatable bonds is 4. The zero-order valence-corrected chi connectivity index (χ0v) is 11.2. The van der Waals surface area contributed by atoms with Crippen LogP contribution in [-0.4, -0.2) is 20.6 Å². The number of hydrogen-bond donors (Lipinski definition) is 1. The number of imidazole rings is 1. The van der Waals surface area contributed by atoms with Crippen LogP contribution >= 0.6 is 0 Å². The first-order valence-electron chi connectivity index (χ1n) is 6.31. The number of hydrogen-bond acceptors (Lipinski definition) is 2. The molecule has 0 amide bonds. The highest BCUT2D eigenvalue weighted by Crippen LogP contribution is 2.33. The Kier molecular flexibility index (Phi) is 4.02. The van der Waals surface area contributed by atoms with Crippen LogP contribution in [0.1, 0.15) is 35.1 Å². The first kappa shape index (κ1) is 15.1. The van der Waals surface area contributed by atoms with Gasteiger partial charge in [0.05, 0.1) is 11.1 Å². The number of carboxylic acid groups (broad SMARTS) is 1. The molecule has 1 heterocycles. The van der Waals surface area contributed by atoms with Crippen molar-refractivity contribution in [3.8, 4) is 5.69 Å². The number of aromatic nitrogens is 2. The van der Waals surface area contributed by atoms with Crippen molar-refractivity contribution >= 4 is 5.97 Å². The maximum atomic E-state index is 13.0. The maximum Gasteiger partial charge on any atom is 0.417 e. The van der Waals surface area contributed by atoms with Crippen LogP contribution in [0.4, 0.5) is 13.2 Å². The lowest BCUT2D eigenvalue weighted by atomic mass is 10.1. The predicted molar refractivity (Wildman–Crippen MR) is 69.5 cm³/mol. The summed E-state index contributed by atoms with van der Waals surface area (Å²) in [4.78, 5) is 15.0. The Morgan fingerprint density at radius 2 is 2.10 bits per heavy atom. The summed E-state index contributed by atoms with van der Waals surface area (Å²) in [5, 5.41) is 8.87. The Morgan fingerprint density at radius 3 is 2.67 bits per heavy atom. The molecule has 21 heavy (non-hydrogen) atoms. The second kappa shape index (κ2) is 5.59. The van der Waals surface area contributed by atoms with E-state index in [2.05, 4.69) is 4.98 Å². The number of aromatic carboxylic acids is 1. The molecule has 0 fully saturated rings. The predicted octanol–water partition coefficient (Wildman–Crippen LogP) is 3.54. The lowest BCUT2D eigenvalue weighted by Crippen LogP contribution is -2.14. The summed E-state index contributed by atoms with van der Waals surface area (Å²) < 4.78 is 40.5. The molecule has 2 rings (SSSR count). The van der Waals surface area contributed by atoms with Gasteiger partial charge in [0.25, 0.3) is 0 Å². The van der Waals surface area contributed by atoms with E-state index < -0.39 is 23.3 Å². The van der Waals surface area contributed by atoms with Gasteiger partial charge in [-0.1, -0.05) is 6.92 Å². The second-order valence-corrected chi connectivity index (χ2v) is 4.50. The van der Waals surface area contributed by atoms with Gasteiger partial charge in [0.15, 0.2) is 0 Å². The van der Waals surface area contributed by atoms with E-state index in [9.17, 15) is 18.0 Å². The highest BCUT2D eigenvalue weighted by atomic mass is 19.4. The molecule has 0 saturated carbocycles. The number of carboxylic acids is 1. The molecule has 1 aromatic heterocycles. The van der Waals surface area contributed by atoms with Gasteiger partial charge in [0.2, 0.25) is 0 Å². The maximum absolute atomic E-state index is 13.0. The van der Waals surface area contributed by atoms with Gasteiger partial charge in [0.1, 0.15) is 5.82 Å². The average Bonchev–Trinajstić information content (AvgIpc) is 2.85. The van der Waals surface area contributed by atoms with E-state index in [-0.39, 0.29) is 5.69 Å². The summed E-state index contributed by atoms with van der Waals surface area (Å²) >= 11 is 0. The van der Waals surface area contributed by atoms with Gasteiger partial charge in [-0.2, -0.15) is 13.2 Å². The minimum atomic E-state index is -4.73. The number of nitrogens with zero attached hydrogens (tertiary/aromatic N) is 2. The van der Waals surface area contributed by atoms with Gasteiger partial charge >= 0.3 is 12.1 Å². The number of carbonyl (C=O) groups is 1. The van der Waals surface area contributed by atoms with Gasteiger partial charge in [0, 0.05) is 24.5 Å². The van der Waals surface area contributed by atoms with Crippen molar-refractivity contribution < 1.29 is 23.1 Å². The van der Waals surface area contributed by atoms with Crippen LogP contribution in [0.3, 0.4) is 0 Å². The van der Waals surface area contributed by atoms with Crippen LogP contribution in [0.25, 0.3) is 5.69 Å². The fourth-order valence-corrected chi connectivity index (χ4v) is 2.08. The van der Waals surface area contributed by atoms with Gasteiger partial charge in [-0.05, 0) is 24.6 Å². The quantitative estimate of drug-likeness (QED) is 0.939. The van der Waals surface area contributed by atoms with Crippen molar-refractivity contribution in [1.82, 2.24) is 9.55 Å². The van der Waals surface area contributed by atoms with Gasteiger partial charge in [-0.3, -0.25) is 0 Å². The molecule has 2 aromatic rings. The first-order chi connectivity index (χ1) is 9.84. The van der Waals surface area contributed by atoms with E-state index in [0.29, 0.717) is 12.2 Å². The minimum absolute atomic E-state index is 0.244. The smallest absolute Gasteiger partial charge is 0.417 e. The van der Waals surface area contributed by atoms with Crippen LogP contribution in [0.15, 0.2) is 30.6 Å². The van der Waals surface area contributed by atoms with Gasteiger partial charge in [-0.15, -0.1) is 0 Å². The highest BCUT2D eigenvalue weighted by molar-refractivity contribution is 5.90. The molecule has 4 nitrogen and oxygen atoms in total. The minimum Gasteiger partial charge on any atom is -0.478 e. The lowest BCUT2D eigenvalue weighted by molar-refractivity contribution is -0.138. The molecule has 0 spiro atoms. The van der Waals surface area contributed by atoms with Crippen LogP contribution in [-0.2, 0) is 12.6 Å². The molecule has 0 unspecified atom stereocenters. The van der Waals surface area contributed by atoms with E-state index in [4.69, 9.17) is 5.11 Å². The number of benzene rings is 1. The third-order valence-electron chi connectivity index (χ3n) is 3.01. The first-order valence-corrected chi connectivity index (χ1v) is 6.31. The number of halogens is 3. The third-order valence-corrected chi connectivity index (χ3v) is 3.01. The van der Waals surface area contributed by atoms with Crippen molar-refractivity contribution in [2.45, 2.75) is 25.9 Å². The SMILES string of the molecule is CCCc1nccn1-c1ccc(C(=O)O)c(C(F)(F)F)c1. The molecule has 1 aromatic carbocycles. The Balaban J connectivity index is 2.57. The van der Waals surface area contributed by atoms with Crippen molar-refractivity contribution in [1.29, 1.82) is 0 Å². The summed E-state index contributed by atoms with van der Waals surface area (Å²) in [5.74, 6) is -0.970. The van der Waals surface area contributed by atoms with E-state index in [1.54, 1.807) is 6.20 Å². The Morgan fingerprint density at radius 1 is 1.38 bits per heavy atom. The van der Waals surface area contributed by atoms with Crippen LogP contribution in [0.2, 0.25) is 0 Å². The van der Waals surface area contributed by atoms with Gasteiger partial charge < -0.3 is 9.67 Å². The van der Waals surface area contributed by atoms with E-state index in [1.165, 1.54) is 16.8 Å². The normalized spacial score (nSPS) is 11.6. The molecule has 0 aliphatic carbocycles. The fourth-order valence-electron chi connectivity index (χ4n) is 2.08. The molecule has 0 aliphatic heterocycles. The van der Waals surface area contributed by atoms with Crippen molar-refractivity contribution in [2.24, 2.45) is 0 Å². The fraction of sp³-hybridized carbons (Fsp3) is 0.286. The number of aryl methyl sites for hydroxylation is 1. The van der Waals surface area contributed by atoms with Crippen molar-refractivity contribution in [2.75, 3.05) is 0 Å². The molecule has 1 N–H and O–H groups in total. The van der Waals surface area contributed by atoms with Crippen molar-refractivity contribution in [3.63, 3.8) is 0 Å². The molecule has 7 heteroatoms. The molecule has 0 aliphatic rings. The Bertz CT molecular complexity index is 662. The molecule has 112 valence electrons. The summed E-state index contributed by atoms with van der Waals surface area (Å²) in [5.41, 5.74) is -1.68. The highest BCUT2D eigenvalue weighted by Gasteiger charge is 2.35. The third kappa shape index (κ3) is 3.07. The largest absolute Gasteiger partial charge is 0.478 e. The molecular weight excluding hydrogens is 285 g/mol. The van der Waals surface area contributed by atoms with Crippen molar-refractivity contribution in [3.05, 3.63) is 47.5 Å². The molecule has 0 atom stereocenters. The van der Waals surface area contributed by atoms with Crippen LogP contribution in [0, 0.1) is 0 Å². The molecule has 0 saturated heterocycles. The van der Waals surface area contributed by atoms with Crippen LogP contribution < -0.4 is 0 Å². The number of alkyl halides is 3. The summed E-state index contributed by atoms with van der Waals surface area (Å²) in [6.45, 7) is 1.94. The topological polar surface area (TPSA) is 55.1 Å². The molecule has 0 bridgehead atoms. The summed E-state index contributed by atoms with van der Waals surface area (Å²) in [6.07, 6.45) is -0.245. The average molecular weight is 298 g/mol. The Labute approximate surface area is 118 Å². The second-order valence-electron chi connectivity index (χ2n) is 4.50. The van der Waals surface area contributed by atoms with E-state index in [0.717, 1.165) is 18.6 Å². The molecular formula is C14H13F3N2O2. The molecule has 0 radical (unpaired) electrons. The van der Waals surface area contributed by atoms with E-state index >= 15 is 0 Å². The van der Waals surface area contributed by atoms with Crippen LogP contribution in [0.5, 0.6) is 0 Å². The Hall–Kier alpha value is -2.31. The zero-order valence-electron chi connectivity index (χ0n) is 11.2. The summed E-state index contributed by atoms with van der Waals surface area (Å²) in [7, 11) is 0. The standard InChI is InChI=1S/C14H13F3N2O2/c1-2-3-12-18-6-7-19(12)9-4-5-10(13(20)21)11(8-9)14(15,16)17/h4-8H,2-3H2,1H3,(H,20,21).